The minimum absolute atomic E-state index is 0.125. The SMILES string of the molecule is CCc1noc(CN(C)C(=O)c2sc(-c3cccc(Cl)c3)nc2C)n1. The van der Waals surface area contributed by atoms with Crippen LogP contribution in [0.3, 0.4) is 0 Å². The lowest BCUT2D eigenvalue weighted by Crippen LogP contribution is -2.26. The monoisotopic (exact) mass is 376 g/mol. The molecule has 0 saturated carbocycles. The van der Waals surface area contributed by atoms with E-state index in [-0.39, 0.29) is 12.5 Å². The molecule has 0 saturated heterocycles. The smallest absolute Gasteiger partial charge is 0.266 e. The summed E-state index contributed by atoms with van der Waals surface area (Å²) in [5.41, 5.74) is 1.59. The summed E-state index contributed by atoms with van der Waals surface area (Å²) in [6, 6.07) is 7.43. The second-order valence-corrected chi connectivity index (χ2v) is 7.00. The second-order valence-electron chi connectivity index (χ2n) is 5.56. The highest BCUT2D eigenvalue weighted by Gasteiger charge is 2.21. The number of carbonyl (C=O) groups is 1. The normalized spacial score (nSPS) is 10.9. The van der Waals surface area contributed by atoms with E-state index in [0.717, 1.165) is 10.6 Å². The van der Waals surface area contributed by atoms with Crippen molar-refractivity contribution in [3.63, 3.8) is 0 Å². The Morgan fingerprint density at radius 2 is 2.16 bits per heavy atom. The van der Waals surface area contributed by atoms with Gasteiger partial charge in [-0.15, -0.1) is 11.3 Å². The van der Waals surface area contributed by atoms with Crippen molar-refractivity contribution >= 4 is 28.8 Å². The summed E-state index contributed by atoms with van der Waals surface area (Å²) in [7, 11) is 1.70. The molecular formula is C17H17ClN4O2S. The predicted octanol–water partition coefficient (Wildman–Crippen LogP) is 3.99. The van der Waals surface area contributed by atoms with Gasteiger partial charge in [0.15, 0.2) is 5.82 Å². The number of rotatable bonds is 5. The molecule has 6 nitrogen and oxygen atoms in total. The number of amides is 1. The zero-order chi connectivity index (χ0) is 18.0. The Bertz CT molecular complexity index is 906. The number of carbonyl (C=O) groups excluding carboxylic acids is 1. The average Bonchev–Trinajstić information content (AvgIpc) is 3.20. The number of aryl methyl sites for hydroxylation is 2. The lowest BCUT2D eigenvalue weighted by Gasteiger charge is -2.13. The van der Waals surface area contributed by atoms with Crippen molar-refractivity contribution in [2.75, 3.05) is 7.05 Å². The molecule has 0 spiro atoms. The van der Waals surface area contributed by atoms with E-state index in [4.69, 9.17) is 16.1 Å². The maximum atomic E-state index is 12.7. The van der Waals surface area contributed by atoms with Crippen molar-refractivity contribution in [2.45, 2.75) is 26.8 Å². The van der Waals surface area contributed by atoms with Crippen LogP contribution in [0.2, 0.25) is 5.02 Å². The molecule has 130 valence electrons. The van der Waals surface area contributed by atoms with Crippen molar-refractivity contribution < 1.29 is 9.32 Å². The Morgan fingerprint density at radius 1 is 1.36 bits per heavy atom. The van der Waals surface area contributed by atoms with Gasteiger partial charge in [0.2, 0.25) is 5.89 Å². The van der Waals surface area contributed by atoms with Gasteiger partial charge in [-0.1, -0.05) is 35.8 Å². The third kappa shape index (κ3) is 3.88. The maximum absolute atomic E-state index is 12.7. The number of hydrogen-bond donors (Lipinski definition) is 0. The summed E-state index contributed by atoms with van der Waals surface area (Å²) < 4.78 is 5.15. The summed E-state index contributed by atoms with van der Waals surface area (Å²) in [5, 5.41) is 5.25. The largest absolute Gasteiger partial charge is 0.337 e. The molecule has 1 aromatic carbocycles. The third-order valence-electron chi connectivity index (χ3n) is 3.61. The first-order valence-corrected chi connectivity index (χ1v) is 8.97. The van der Waals surface area contributed by atoms with E-state index < -0.39 is 0 Å². The number of halogens is 1. The van der Waals surface area contributed by atoms with E-state index in [0.29, 0.717) is 33.7 Å². The zero-order valence-corrected chi connectivity index (χ0v) is 15.7. The van der Waals surface area contributed by atoms with E-state index in [9.17, 15) is 4.79 Å². The van der Waals surface area contributed by atoms with Gasteiger partial charge in [0.05, 0.1) is 5.69 Å². The fraction of sp³-hybridized carbons (Fsp3) is 0.294. The number of hydrogen-bond acceptors (Lipinski definition) is 6. The Morgan fingerprint density at radius 3 is 2.84 bits per heavy atom. The molecule has 0 fully saturated rings. The van der Waals surface area contributed by atoms with Crippen LogP contribution in [0, 0.1) is 6.92 Å². The van der Waals surface area contributed by atoms with Crippen LogP contribution in [-0.4, -0.2) is 33.0 Å². The van der Waals surface area contributed by atoms with Crippen molar-refractivity contribution in [3.05, 3.63) is 51.6 Å². The molecule has 0 unspecified atom stereocenters. The molecule has 0 aliphatic rings. The predicted molar refractivity (Wildman–Crippen MR) is 96.8 cm³/mol. The molecule has 0 radical (unpaired) electrons. The molecule has 1 amide bonds. The molecule has 25 heavy (non-hydrogen) atoms. The van der Waals surface area contributed by atoms with Gasteiger partial charge in [0, 0.05) is 24.1 Å². The molecule has 0 aliphatic heterocycles. The first kappa shape index (κ1) is 17.6. The first-order chi connectivity index (χ1) is 12.0. The maximum Gasteiger partial charge on any atom is 0.266 e. The Labute approximate surface area is 154 Å². The highest BCUT2D eigenvalue weighted by atomic mass is 35.5. The van der Waals surface area contributed by atoms with Crippen molar-refractivity contribution in [3.8, 4) is 10.6 Å². The molecule has 0 bridgehead atoms. The minimum atomic E-state index is -0.125. The van der Waals surface area contributed by atoms with E-state index in [1.54, 1.807) is 18.0 Å². The Hall–Kier alpha value is -2.25. The van der Waals surface area contributed by atoms with Crippen molar-refractivity contribution in [2.24, 2.45) is 0 Å². The summed E-state index contributed by atoms with van der Waals surface area (Å²) in [6.45, 7) is 4.03. The number of aromatic nitrogens is 3. The van der Waals surface area contributed by atoms with Crippen LogP contribution in [0.25, 0.3) is 10.6 Å². The van der Waals surface area contributed by atoms with Crippen LogP contribution in [-0.2, 0) is 13.0 Å². The van der Waals surface area contributed by atoms with Crippen LogP contribution in [0.15, 0.2) is 28.8 Å². The molecule has 0 atom stereocenters. The number of benzene rings is 1. The number of thiazole rings is 1. The van der Waals surface area contributed by atoms with Gasteiger partial charge < -0.3 is 9.42 Å². The molecule has 0 aliphatic carbocycles. The Kier molecular flexibility index (Phi) is 5.15. The molecule has 0 N–H and O–H groups in total. The topological polar surface area (TPSA) is 72.1 Å². The van der Waals surface area contributed by atoms with Gasteiger partial charge in [-0.05, 0) is 19.1 Å². The van der Waals surface area contributed by atoms with Crippen LogP contribution in [0.5, 0.6) is 0 Å². The highest BCUT2D eigenvalue weighted by molar-refractivity contribution is 7.17. The van der Waals surface area contributed by atoms with E-state index in [2.05, 4.69) is 15.1 Å². The van der Waals surface area contributed by atoms with E-state index in [1.165, 1.54) is 11.3 Å². The van der Waals surface area contributed by atoms with Crippen LogP contribution < -0.4 is 0 Å². The third-order valence-corrected chi connectivity index (χ3v) is 5.04. The summed E-state index contributed by atoms with van der Waals surface area (Å²) in [5.74, 6) is 0.928. The van der Waals surface area contributed by atoms with Gasteiger partial charge >= 0.3 is 0 Å². The molecule has 8 heteroatoms. The summed E-state index contributed by atoms with van der Waals surface area (Å²) >= 11 is 7.39. The van der Waals surface area contributed by atoms with Gasteiger partial charge in [-0.2, -0.15) is 4.98 Å². The average molecular weight is 377 g/mol. The number of nitrogens with zero attached hydrogens (tertiary/aromatic N) is 4. The van der Waals surface area contributed by atoms with Crippen LogP contribution >= 0.6 is 22.9 Å². The van der Waals surface area contributed by atoms with Crippen LogP contribution in [0.1, 0.15) is 34.0 Å². The summed E-state index contributed by atoms with van der Waals surface area (Å²) in [4.78, 5) is 23.6. The Balaban J connectivity index is 1.79. The quantitative estimate of drug-likeness (QED) is 0.673. The fourth-order valence-electron chi connectivity index (χ4n) is 2.29. The van der Waals surface area contributed by atoms with E-state index >= 15 is 0 Å². The first-order valence-electron chi connectivity index (χ1n) is 7.78. The molecule has 2 aromatic heterocycles. The lowest BCUT2D eigenvalue weighted by atomic mass is 10.2. The standard InChI is InChI=1S/C17H17ClN4O2S/c1-4-13-20-14(24-21-13)9-22(3)17(23)15-10(2)19-16(25-15)11-6-5-7-12(18)8-11/h5-8H,4,9H2,1-3H3. The minimum Gasteiger partial charge on any atom is -0.337 e. The van der Waals surface area contributed by atoms with Gasteiger partial charge in [-0.3, -0.25) is 4.79 Å². The molecule has 3 aromatic rings. The van der Waals surface area contributed by atoms with Gasteiger partial charge in [-0.25, -0.2) is 4.98 Å². The van der Waals surface area contributed by atoms with E-state index in [1.807, 2.05) is 32.0 Å². The second kappa shape index (κ2) is 7.33. The molecule has 3 rings (SSSR count). The van der Waals surface area contributed by atoms with Gasteiger partial charge in [0.25, 0.3) is 5.91 Å². The highest BCUT2D eigenvalue weighted by Crippen LogP contribution is 2.30. The molecular weight excluding hydrogens is 360 g/mol. The lowest BCUT2D eigenvalue weighted by molar-refractivity contribution is 0.0773. The zero-order valence-electron chi connectivity index (χ0n) is 14.1. The fourth-order valence-corrected chi connectivity index (χ4v) is 3.53. The summed E-state index contributed by atoms with van der Waals surface area (Å²) in [6.07, 6.45) is 0.693. The van der Waals surface area contributed by atoms with Crippen molar-refractivity contribution in [1.82, 2.24) is 20.0 Å². The molecule has 2 heterocycles. The van der Waals surface area contributed by atoms with Crippen LogP contribution in [0.4, 0.5) is 0 Å². The van der Waals surface area contributed by atoms with Crippen molar-refractivity contribution in [1.29, 1.82) is 0 Å². The van der Waals surface area contributed by atoms with Gasteiger partial charge in [0.1, 0.15) is 16.4 Å².